The number of ether oxygens (including phenoxy) is 1. The van der Waals surface area contributed by atoms with Gasteiger partial charge in [-0.05, 0) is 50.1 Å². The summed E-state index contributed by atoms with van der Waals surface area (Å²) in [6, 6.07) is 8.01. The Morgan fingerprint density at radius 3 is 2.64 bits per heavy atom. The highest BCUT2D eigenvalue weighted by Crippen LogP contribution is 2.14. The van der Waals surface area contributed by atoms with Gasteiger partial charge in [0, 0.05) is 31.2 Å². The van der Waals surface area contributed by atoms with Crippen LogP contribution in [0.4, 0.5) is 4.39 Å². The summed E-state index contributed by atoms with van der Waals surface area (Å²) in [5.74, 6) is 0.675. The van der Waals surface area contributed by atoms with Gasteiger partial charge in [0.25, 0.3) is 5.91 Å². The number of hydrogen-bond donors (Lipinski definition) is 1. The number of halogens is 1. The van der Waals surface area contributed by atoms with Gasteiger partial charge in [0.15, 0.2) is 5.76 Å². The summed E-state index contributed by atoms with van der Waals surface area (Å²) >= 11 is 0. The van der Waals surface area contributed by atoms with Gasteiger partial charge in [-0.15, -0.1) is 0 Å². The molecule has 6 heteroatoms. The van der Waals surface area contributed by atoms with Crippen molar-refractivity contribution in [3.63, 3.8) is 0 Å². The molecule has 1 fully saturated rings. The number of nitrogens with one attached hydrogen (secondary N) is 1. The Kier molecular flexibility index (Phi) is 5.71. The molecule has 3 rings (SSSR count). The third-order valence-electron chi connectivity index (χ3n) is 4.48. The third kappa shape index (κ3) is 4.82. The Morgan fingerprint density at radius 2 is 2.00 bits per heavy atom. The van der Waals surface area contributed by atoms with E-state index in [1.807, 2.05) is 6.92 Å². The van der Waals surface area contributed by atoms with Crippen LogP contribution < -0.4 is 10.1 Å². The zero-order chi connectivity index (χ0) is 17.6. The molecule has 0 atom stereocenters. The fourth-order valence-corrected chi connectivity index (χ4v) is 2.98. The molecule has 1 aliphatic rings. The van der Waals surface area contributed by atoms with Crippen molar-refractivity contribution in [2.24, 2.45) is 0 Å². The lowest BCUT2D eigenvalue weighted by Gasteiger charge is -2.32. The quantitative estimate of drug-likeness (QED) is 0.874. The van der Waals surface area contributed by atoms with Crippen LogP contribution in [0.2, 0.25) is 0 Å². The number of piperidine rings is 1. The van der Waals surface area contributed by atoms with Crippen molar-refractivity contribution in [2.45, 2.75) is 25.8 Å². The van der Waals surface area contributed by atoms with Crippen LogP contribution >= 0.6 is 0 Å². The van der Waals surface area contributed by atoms with E-state index in [1.54, 1.807) is 18.2 Å². The van der Waals surface area contributed by atoms with Gasteiger partial charge in [-0.25, -0.2) is 4.39 Å². The summed E-state index contributed by atoms with van der Waals surface area (Å²) in [7, 11) is 0. The van der Waals surface area contributed by atoms with E-state index >= 15 is 0 Å². The Bertz CT molecular complexity index is 691. The van der Waals surface area contributed by atoms with Crippen molar-refractivity contribution >= 4 is 5.91 Å². The summed E-state index contributed by atoms with van der Waals surface area (Å²) in [5, 5.41) is 3.04. The molecule has 1 N–H and O–H groups in total. The molecular formula is C19H23FN2O3. The SMILES string of the molecule is Cc1ccoc1C(=O)NC1CCN(CCOc2ccc(F)cc2)CC1. The summed E-state index contributed by atoms with van der Waals surface area (Å²) in [6.07, 6.45) is 3.35. The normalized spacial score (nSPS) is 15.9. The van der Waals surface area contributed by atoms with Crippen molar-refractivity contribution in [3.8, 4) is 5.75 Å². The second kappa shape index (κ2) is 8.16. The molecule has 0 bridgehead atoms. The smallest absolute Gasteiger partial charge is 0.287 e. The number of hydrogen-bond acceptors (Lipinski definition) is 4. The van der Waals surface area contributed by atoms with Gasteiger partial charge in [-0.2, -0.15) is 0 Å². The first-order chi connectivity index (χ1) is 12.1. The van der Waals surface area contributed by atoms with Gasteiger partial charge in [0.1, 0.15) is 18.2 Å². The van der Waals surface area contributed by atoms with Gasteiger partial charge in [-0.3, -0.25) is 9.69 Å². The first-order valence-electron chi connectivity index (χ1n) is 8.57. The molecule has 1 aliphatic heterocycles. The average molecular weight is 346 g/mol. The Morgan fingerprint density at radius 1 is 1.28 bits per heavy atom. The highest BCUT2D eigenvalue weighted by molar-refractivity contribution is 5.92. The van der Waals surface area contributed by atoms with E-state index in [0.29, 0.717) is 18.1 Å². The van der Waals surface area contributed by atoms with Crippen LogP contribution in [0.15, 0.2) is 41.0 Å². The number of aryl methyl sites for hydroxylation is 1. The van der Waals surface area contributed by atoms with Gasteiger partial charge in [0.2, 0.25) is 0 Å². The maximum atomic E-state index is 12.8. The largest absolute Gasteiger partial charge is 0.492 e. The molecule has 0 spiro atoms. The molecule has 1 saturated heterocycles. The Balaban J connectivity index is 1.36. The van der Waals surface area contributed by atoms with Crippen molar-refractivity contribution in [3.05, 3.63) is 53.7 Å². The first kappa shape index (κ1) is 17.5. The van der Waals surface area contributed by atoms with Crippen molar-refractivity contribution < 1.29 is 18.3 Å². The minimum absolute atomic E-state index is 0.138. The number of nitrogens with zero attached hydrogens (tertiary/aromatic N) is 1. The van der Waals surface area contributed by atoms with Gasteiger partial charge < -0.3 is 14.5 Å². The molecule has 134 valence electrons. The number of rotatable bonds is 6. The molecule has 0 saturated carbocycles. The van der Waals surface area contributed by atoms with E-state index < -0.39 is 0 Å². The van der Waals surface area contributed by atoms with Gasteiger partial charge >= 0.3 is 0 Å². The Labute approximate surface area is 146 Å². The minimum Gasteiger partial charge on any atom is -0.492 e. The molecule has 2 heterocycles. The summed E-state index contributed by atoms with van der Waals surface area (Å²) in [5.41, 5.74) is 0.855. The van der Waals surface area contributed by atoms with Crippen LogP contribution in [0.1, 0.15) is 29.0 Å². The van der Waals surface area contributed by atoms with Crippen LogP contribution in [0.5, 0.6) is 5.75 Å². The number of carbonyl (C=O) groups excluding carboxylic acids is 1. The predicted octanol–water partition coefficient (Wildman–Crippen LogP) is 3.00. The molecular weight excluding hydrogens is 323 g/mol. The van der Waals surface area contributed by atoms with E-state index in [9.17, 15) is 9.18 Å². The molecule has 25 heavy (non-hydrogen) atoms. The maximum absolute atomic E-state index is 12.8. The first-order valence-corrected chi connectivity index (χ1v) is 8.57. The lowest BCUT2D eigenvalue weighted by atomic mass is 10.0. The molecule has 5 nitrogen and oxygen atoms in total. The molecule has 1 amide bonds. The number of carbonyl (C=O) groups is 1. The standard InChI is InChI=1S/C19H23FN2O3/c1-14-8-12-25-18(14)19(23)21-16-6-9-22(10-7-16)11-13-24-17-4-2-15(20)3-5-17/h2-5,8,12,16H,6-7,9-11,13H2,1H3,(H,21,23). The average Bonchev–Trinajstić information content (AvgIpc) is 3.04. The van der Waals surface area contributed by atoms with E-state index in [4.69, 9.17) is 9.15 Å². The highest BCUT2D eigenvalue weighted by atomic mass is 19.1. The van der Waals surface area contributed by atoms with E-state index in [-0.39, 0.29) is 17.8 Å². The molecule has 0 unspecified atom stereocenters. The second-order valence-corrected chi connectivity index (χ2v) is 6.32. The monoisotopic (exact) mass is 346 g/mol. The van der Waals surface area contributed by atoms with Crippen molar-refractivity contribution in [1.29, 1.82) is 0 Å². The highest BCUT2D eigenvalue weighted by Gasteiger charge is 2.22. The summed E-state index contributed by atoms with van der Waals surface area (Å²) in [4.78, 5) is 14.5. The molecule has 0 aliphatic carbocycles. The van der Waals surface area contributed by atoms with Crippen LogP contribution in [-0.2, 0) is 0 Å². The number of benzene rings is 1. The van der Waals surface area contributed by atoms with Crippen LogP contribution in [-0.4, -0.2) is 43.1 Å². The van der Waals surface area contributed by atoms with Crippen molar-refractivity contribution in [1.82, 2.24) is 10.2 Å². The molecule has 0 radical (unpaired) electrons. The van der Waals surface area contributed by atoms with E-state index in [0.717, 1.165) is 38.0 Å². The van der Waals surface area contributed by atoms with E-state index in [1.165, 1.54) is 18.4 Å². The molecule has 2 aromatic rings. The lowest BCUT2D eigenvalue weighted by molar-refractivity contribution is 0.0877. The number of likely N-dealkylation sites (tertiary alicyclic amines) is 1. The molecule has 1 aromatic heterocycles. The van der Waals surface area contributed by atoms with E-state index in [2.05, 4.69) is 10.2 Å². The number of amides is 1. The minimum atomic E-state index is -0.263. The zero-order valence-corrected chi connectivity index (χ0v) is 14.3. The van der Waals surface area contributed by atoms with Crippen LogP contribution in [0.3, 0.4) is 0 Å². The van der Waals surface area contributed by atoms with Crippen LogP contribution in [0.25, 0.3) is 0 Å². The van der Waals surface area contributed by atoms with Crippen molar-refractivity contribution in [2.75, 3.05) is 26.2 Å². The fourth-order valence-electron chi connectivity index (χ4n) is 2.98. The van der Waals surface area contributed by atoms with Gasteiger partial charge in [-0.1, -0.05) is 0 Å². The van der Waals surface area contributed by atoms with Gasteiger partial charge in [0.05, 0.1) is 6.26 Å². The third-order valence-corrected chi connectivity index (χ3v) is 4.48. The summed E-state index contributed by atoms with van der Waals surface area (Å²) < 4.78 is 23.7. The number of furan rings is 1. The van der Waals surface area contributed by atoms with Crippen LogP contribution in [0, 0.1) is 12.7 Å². The predicted molar refractivity (Wildman–Crippen MR) is 92.3 cm³/mol. The topological polar surface area (TPSA) is 54.7 Å². The maximum Gasteiger partial charge on any atom is 0.287 e. The Hall–Kier alpha value is -2.34. The second-order valence-electron chi connectivity index (χ2n) is 6.32. The summed E-state index contributed by atoms with van der Waals surface area (Å²) in [6.45, 7) is 5.06. The zero-order valence-electron chi connectivity index (χ0n) is 14.3. The molecule has 1 aromatic carbocycles. The lowest BCUT2D eigenvalue weighted by Crippen LogP contribution is -2.45. The fraction of sp³-hybridized carbons (Fsp3) is 0.421.